The number of ether oxygens (including phenoxy) is 1. The molecule has 0 aromatic heterocycles. The van der Waals surface area contributed by atoms with E-state index in [1.165, 1.54) is 21.9 Å². The van der Waals surface area contributed by atoms with Crippen LogP contribution in [0.4, 0.5) is 9.18 Å². The van der Waals surface area contributed by atoms with E-state index in [1.54, 1.807) is 27.7 Å². The van der Waals surface area contributed by atoms with E-state index in [4.69, 9.17) is 4.74 Å². The number of piperidine rings is 2. The Labute approximate surface area is 197 Å². The predicted molar refractivity (Wildman–Crippen MR) is 118 cm³/mol. The average Bonchev–Trinajstić information content (AvgIpc) is 3.08. The van der Waals surface area contributed by atoms with Crippen LogP contribution in [0, 0.1) is 5.82 Å². The number of carbonyl (C=O) groups is 4. The van der Waals surface area contributed by atoms with Gasteiger partial charge in [-0.25, -0.2) is 9.18 Å². The van der Waals surface area contributed by atoms with Crippen molar-refractivity contribution < 1.29 is 33.4 Å². The van der Waals surface area contributed by atoms with Crippen LogP contribution in [0.5, 0.6) is 0 Å². The molecule has 1 atom stereocenters. The van der Waals surface area contributed by atoms with E-state index in [1.807, 2.05) is 0 Å². The second-order valence-electron chi connectivity index (χ2n) is 10.5. The monoisotopic (exact) mass is 475 g/mol. The van der Waals surface area contributed by atoms with Crippen molar-refractivity contribution in [2.45, 2.75) is 76.7 Å². The van der Waals surface area contributed by atoms with Crippen molar-refractivity contribution in [1.82, 2.24) is 15.1 Å². The van der Waals surface area contributed by atoms with Crippen LogP contribution in [-0.2, 0) is 26.5 Å². The predicted octanol–water partition coefficient (Wildman–Crippen LogP) is 2.20. The molecule has 0 spiro atoms. The molecule has 0 aliphatic carbocycles. The number of fused-ring (bicyclic) bond motifs is 1. The van der Waals surface area contributed by atoms with E-state index >= 15 is 4.39 Å². The molecule has 10 heteroatoms. The Hall–Kier alpha value is -3.01. The molecule has 1 aromatic rings. The van der Waals surface area contributed by atoms with Gasteiger partial charge < -0.3 is 19.6 Å². The van der Waals surface area contributed by atoms with Gasteiger partial charge in [0, 0.05) is 36.2 Å². The highest BCUT2D eigenvalue weighted by molar-refractivity contribution is 6.07. The first-order valence-corrected chi connectivity index (χ1v) is 11.4. The highest BCUT2D eigenvalue weighted by Crippen LogP contribution is 2.40. The number of benzene rings is 1. The number of hydrogen-bond acceptors (Lipinski definition) is 6. The van der Waals surface area contributed by atoms with Crippen molar-refractivity contribution >= 4 is 23.8 Å². The quantitative estimate of drug-likeness (QED) is 0.634. The molecule has 4 amide bonds. The van der Waals surface area contributed by atoms with Crippen molar-refractivity contribution in [2.24, 2.45) is 0 Å². The van der Waals surface area contributed by atoms with Crippen LogP contribution < -0.4 is 5.32 Å². The van der Waals surface area contributed by atoms with Crippen molar-refractivity contribution in [1.29, 1.82) is 0 Å². The summed E-state index contributed by atoms with van der Waals surface area (Å²) in [4.78, 5) is 52.3. The summed E-state index contributed by atoms with van der Waals surface area (Å²) in [5.74, 6) is -2.16. The maximum Gasteiger partial charge on any atom is 0.410 e. The maximum atomic E-state index is 15.7. The van der Waals surface area contributed by atoms with Gasteiger partial charge in [-0.3, -0.25) is 19.7 Å². The molecule has 34 heavy (non-hydrogen) atoms. The van der Waals surface area contributed by atoms with Crippen molar-refractivity contribution in [3.63, 3.8) is 0 Å². The Bertz CT molecular complexity index is 1070. The van der Waals surface area contributed by atoms with Gasteiger partial charge in [-0.15, -0.1) is 0 Å². The Morgan fingerprint density at radius 1 is 1.15 bits per heavy atom. The lowest BCUT2D eigenvalue weighted by atomic mass is 9.83. The smallest absolute Gasteiger partial charge is 0.410 e. The number of nitrogens with zero attached hydrogens (tertiary/aromatic N) is 2. The second-order valence-corrected chi connectivity index (χ2v) is 10.5. The molecule has 3 heterocycles. The van der Waals surface area contributed by atoms with Gasteiger partial charge in [-0.1, -0.05) is 6.07 Å². The molecule has 3 aliphatic rings. The highest BCUT2D eigenvalue weighted by atomic mass is 19.1. The fourth-order valence-corrected chi connectivity index (χ4v) is 4.82. The third kappa shape index (κ3) is 4.04. The molecule has 0 radical (unpaired) electrons. The van der Waals surface area contributed by atoms with Crippen LogP contribution in [0.15, 0.2) is 12.1 Å². The van der Waals surface area contributed by atoms with Crippen LogP contribution in [0.1, 0.15) is 74.9 Å². The Kier molecular flexibility index (Phi) is 5.70. The first-order chi connectivity index (χ1) is 15.7. The summed E-state index contributed by atoms with van der Waals surface area (Å²) < 4.78 is 21.1. The molecule has 4 rings (SSSR count). The summed E-state index contributed by atoms with van der Waals surface area (Å²) in [6.07, 6.45) is -0.0213. The molecule has 9 nitrogen and oxygen atoms in total. The standard InChI is InChI=1S/C24H30FN3O6/c1-22(2,3)34-21(32)27-11-9-24(33,10-12-27)16-6-5-14-15(18(16)25)13-28(19(14)30)23(4)8-7-17(29)26-20(23)31/h5-6,33H,7-13H2,1-4H3,(H,26,29,31). The van der Waals surface area contributed by atoms with Crippen molar-refractivity contribution in [2.75, 3.05) is 13.1 Å². The molecule has 0 bridgehead atoms. The molecular weight excluding hydrogens is 445 g/mol. The molecule has 0 saturated carbocycles. The van der Waals surface area contributed by atoms with Crippen LogP contribution in [-0.4, -0.2) is 63.0 Å². The van der Waals surface area contributed by atoms with E-state index < -0.39 is 46.4 Å². The number of halogens is 1. The molecule has 184 valence electrons. The molecule has 2 N–H and O–H groups in total. The minimum absolute atomic E-state index is 0.0677. The number of likely N-dealkylation sites (tertiary alicyclic amines) is 1. The molecule has 2 fully saturated rings. The molecule has 1 unspecified atom stereocenters. The van der Waals surface area contributed by atoms with Gasteiger partial charge in [0.05, 0.1) is 12.1 Å². The SMILES string of the molecule is CC(C)(C)OC(=O)N1CCC(O)(c2ccc3c(c2F)CN(C2(C)CCC(=O)NC2=O)C3=O)CC1. The first-order valence-electron chi connectivity index (χ1n) is 11.4. The Morgan fingerprint density at radius 3 is 2.38 bits per heavy atom. The van der Waals surface area contributed by atoms with Crippen molar-refractivity contribution in [3.05, 3.63) is 34.6 Å². The van der Waals surface area contributed by atoms with Gasteiger partial charge in [0.25, 0.3) is 11.8 Å². The minimum atomic E-state index is -1.51. The number of hydrogen-bond donors (Lipinski definition) is 2. The summed E-state index contributed by atoms with van der Waals surface area (Å²) in [6.45, 7) is 7.13. The molecule has 3 aliphatic heterocycles. The topological polar surface area (TPSA) is 116 Å². The molecular formula is C24H30FN3O6. The normalized spacial score (nSPS) is 24.7. The lowest BCUT2D eigenvalue weighted by Crippen LogP contribution is -2.61. The fourth-order valence-electron chi connectivity index (χ4n) is 4.82. The summed E-state index contributed by atoms with van der Waals surface area (Å²) in [5.41, 5.74) is -3.09. The number of imide groups is 1. The zero-order valence-corrected chi connectivity index (χ0v) is 19.9. The van der Waals surface area contributed by atoms with E-state index in [2.05, 4.69) is 5.32 Å². The Balaban J connectivity index is 1.54. The number of carbonyl (C=O) groups excluding carboxylic acids is 4. The fraction of sp³-hybridized carbons (Fsp3) is 0.583. The highest BCUT2D eigenvalue weighted by Gasteiger charge is 2.50. The van der Waals surface area contributed by atoms with Gasteiger partial charge in [-0.2, -0.15) is 0 Å². The number of amides is 4. The van der Waals surface area contributed by atoms with Crippen LogP contribution in [0.2, 0.25) is 0 Å². The van der Waals surface area contributed by atoms with Crippen LogP contribution >= 0.6 is 0 Å². The summed E-state index contributed by atoms with van der Waals surface area (Å²) in [7, 11) is 0. The first kappa shape index (κ1) is 24.1. The summed E-state index contributed by atoms with van der Waals surface area (Å²) in [6, 6.07) is 2.88. The average molecular weight is 476 g/mol. The van der Waals surface area contributed by atoms with Crippen LogP contribution in [0.25, 0.3) is 0 Å². The number of rotatable bonds is 2. The van der Waals surface area contributed by atoms with E-state index in [-0.39, 0.29) is 62.0 Å². The number of aliphatic hydroxyl groups is 1. The van der Waals surface area contributed by atoms with Gasteiger partial charge in [0.1, 0.15) is 17.0 Å². The number of nitrogens with one attached hydrogen (secondary N) is 1. The van der Waals surface area contributed by atoms with Crippen LogP contribution in [0.3, 0.4) is 0 Å². The summed E-state index contributed by atoms with van der Waals surface area (Å²) >= 11 is 0. The lowest BCUT2D eigenvalue weighted by molar-refractivity contribution is -0.142. The van der Waals surface area contributed by atoms with Gasteiger partial charge >= 0.3 is 6.09 Å². The summed E-state index contributed by atoms with van der Waals surface area (Å²) in [5, 5.41) is 13.5. The van der Waals surface area contributed by atoms with Gasteiger partial charge in [0.2, 0.25) is 5.91 Å². The third-order valence-electron chi connectivity index (χ3n) is 6.96. The van der Waals surface area contributed by atoms with Crippen molar-refractivity contribution in [3.8, 4) is 0 Å². The minimum Gasteiger partial charge on any atom is -0.444 e. The third-order valence-corrected chi connectivity index (χ3v) is 6.96. The van der Waals surface area contributed by atoms with Gasteiger partial charge in [-0.05, 0) is 53.0 Å². The molecule has 1 aromatic carbocycles. The second kappa shape index (κ2) is 8.04. The maximum absolute atomic E-state index is 15.7. The van der Waals surface area contributed by atoms with Gasteiger partial charge in [0.15, 0.2) is 0 Å². The zero-order valence-electron chi connectivity index (χ0n) is 19.9. The van der Waals surface area contributed by atoms with E-state index in [9.17, 15) is 24.3 Å². The zero-order chi connectivity index (χ0) is 25.1. The Morgan fingerprint density at radius 2 is 1.79 bits per heavy atom. The van der Waals surface area contributed by atoms with E-state index in [0.29, 0.717) is 0 Å². The lowest BCUT2D eigenvalue weighted by Gasteiger charge is -2.39. The van der Waals surface area contributed by atoms with E-state index in [0.717, 1.165) is 0 Å². The molecule has 2 saturated heterocycles. The largest absolute Gasteiger partial charge is 0.444 e.